The molecule has 8 N–H and O–H groups in total. The molecule has 0 spiro atoms. The Morgan fingerprint density at radius 1 is 0.333 bits per heavy atom. The van der Waals surface area contributed by atoms with Crippen molar-refractivity contribution < 1.29 is 0 Å². The van der Waals surface area contributed by atoms with Crippen LogP contribution >= 0.6 is 0 Å². The Labute approximate surface area is 273 Å². The zero-order chi connectivity index (χ0) is 31.0. The van der Waals surface area contributed by atoms with Gasteiger partial charge in [-0.05, 0) is 159 Å². The summed E-state index contributed by atoms with van der Waals surface area (Å²) < 4.78 is 0. The fourth-order valence-electron chi connectivity index (χ4n) is 5.75. The van der Waals surface area contributed by atoms with Gasteiger partial charge in [0.25, 0.3) is 0 Å². The highest BCUT2D eigenvalue weighted by atomic mass is 15.3. The van der Waals surface area contributed by atoms with E-state index in [-0.39, 0.29) is 0 Å². The van der Waals surface area contributed by atoms with E-state index in [9.17, 15) is 0 Å². The number of nitrogens with one attached hydrogen (secondary N) is 8. The molecule has 2 aliphatic rings. The molecule has 10 heteroatoms. The SMILES string of the molecule is c1cc(N2CNCCCNCCCNCCCNC2)ccc1Cc1ccc(N2CNCCCNCCCNCCCNC2)cc1. The van der Waals surface area contributed by atoms with Crippen LogP contribution < -0.4 is 52.3 Å². The maximum atomic E-state index is 3.65. The lowest BCUT2D eigenvalue weighted by Gasteiger charge is -2.26. The molecular formula is C35H62N10. The van der Waals surface area contributed by atoms with Crippen LogP contribution in [0.4, 0.5) is 11.4 Å². The average molecular weight is 623 g/mol. The minimum atomic E-state index is 0.847. The van der Waals surface area contributed by atoms with Crippen LogP contribution in [0.1, 0.15) is 49.7 Å². The van der Waals surface area contributed by atoms with Crippen LogP contribution in [0.15, 0.2) is 48.5 Å². The highest BCUT2D eigenvalue weighted by Crippen LogP contribution is 2.19. The lowest BCUT2D eigenvalue weighted by Crippen LogP contribution is -2.42. The number of nitrogens with zero attached hydrogens (tertiary/aromatic N) is 2. The van der Waals surface area contributed by atoms with Crippen molar-refractivity contribution in [2.24, 2.45) is 0 Å². The van der Waals surface area contributed by atoms with Gasteiger partial charge in [0.2, 0.25) is 0 Å². The molecule has 2 fully saturated rings. The van der Waals surface area contributed by atoms with E-state index < -0.39 is 0 Å². The molecule has 0 saturated carbocycles. The van der Waals surface area contributed by atoms with E-state index in [0.717, 1.165) is 137 Å². The van der Waals surface area contributed by atoms with E-state index in [0.29, 0.717) is 0 Å². The molecule has 0 aromatic heterocycles. The summed E-state index contributed by atoms with van der Waals surface area (Å²) in [5, 5.41) is 28.8. The van der Waals surface area contributed by atoms with Gasteiger partial charge in [0, 0.05) is 11.4 Å². The Morgan fingerprint density at radius 2 is 0.578 bits per heavy atom. The molecule has 4 rings (SSSR count). The van der Waals surface area contributed by atoms with Gasteiger partial charge in [0.15, 0.2) is 0 Å². The first-order valence-corrected chi connectivity index (χ1v) is 17.7. The van der Waals surface area contributed by atoms with Crippen molar-refractivity contribution in [3.05, 3.63) is 59.7 Å². The molecule has 0 amide bonds. The van der Waals surface area contributed by atoms with E-state index in [1.165, 1.54) is 35.3 Å². The predicted octanol–water partition coefficient (Wildman–Crippen LogP) is 1.80. The molecule has 2 aromatic carbocycles. The topological polar surface area (TPSA) is 103 Å². The van der Waals surface area contributed by atoms with Crippen LogP contribution in [0.25, 0.3) is 0 Å². The molecule has 0 atom stereocenters. The van der Waals surface area contributed by atoms with Gasteiger partial charge in [-0.3, -0.25) is 21.3 Å². The van der Waals surface area contributed by atoms with Crippen molar-refractivity contribution in [3.8, 4) is 0 Å². The third-order valence-electron chi connectivity index (χ3n) is 8.46. The van der Waals surface area contributed by atoms with Crippen molar-refractivity contribution >= 4 is 11.4 Å². The van der Waals surface area contributed by atoms with Gasteiger partial charge in [-0.25, -0.2) is 0 Å². The van der Waals surface area contributed by atoms with E-state index in [4.69, 9.17) is 0 Å². The van der Waals surface area contributed by atoms with Gasteiger partial charge < -0.3 is 31.1 Å². The fourth-order valence-corrected chi connectivity index (χ4v) is 5.75. The first kappa shape index (κ1) is 35.6. The van der Waals surface area contributed by atoms with Gasteiger partial charge in [-0.15, -0.1) is 0 Å². The number of anilines is 2. The summed E-state index contributed by atoms with van der Waals surface area (Å²) in [5.74, 6) is 0. The number of benzene rings is 2. The minimum Gasteiger partial charge on any atom is -0.346 e. The Morgan fingerprint density at radius 3 is 0.844 bits per heavy atom. The average Bonchev–Trinajstić information content (AvgIpc) is 3.06. The fraction of sp³-hybridized carbons (Fsp3) is 0.657. The summed E-state index contributed by atoms with van der Waals surface area (Å²) in [6.07, 6.45) is 7.91. The Bertz CT molecular complexity index is 875. The zero-order valence-electron chi connectivity index (χ0n) is 27.8. The maximum absolute atomic E-state index is 3.65. The highest BCUT2D eigenvalue weighted by Gasteiger charge is 2.09. The summed E-state index contributed by atoms with van der Waals surface area (Å²) in [6, 6.07) is 18.3. The maximum Gasteiger partial charge on any atom is 0.0695 e. The molecule has 10 nitrogen and oxygen atoms in total. The Kier molecular flexibility index (Phi) is 18.3. The molecular weight excluding hydrogens is 560 g/mol. The third kappa shape index (κ3) is 15.2. The molecule has 2 aromatic rings. The van der Waals surface area contributed by atoms with E-state index >= 15 is 0 Å². The summed E-state index contributed by atoms with van der Waals surface area (Å²) in [5.41, 5.74) is 5.20. The lowest BCUT2D eigenvalue weighted by atomic mass is 10.0. The van der Waals surface area contributed by atoms with Crippen LogP contribution in [-0.2, 0) is 6.42 Å². The number of hydrogen-bond acceptors (Lipinski definition) is 10. The van der Waals surface area contributed by atoms with Gasteiger partial charge in [-0.2, -0.15) is 0 Å². The standard InChI is InChI=1S/C35H62N10/c1-15-36-19-3-23-40-28-44(29-41-24-4-20-37-16-1)34-11-7-32(8-12-34)27-33-9-13-35(14-10-33)45-30-42-25-5-21-38-17-2-18-39-22-6-26-43-31-45/h7-14,36-43H,1-6,15-31H2. The third-order valence-corrected chi connectivity index (χ3v) is 8.46. The molecule has 0 aliphatic carbocycles. The second-order valence-electron chi connectivity index (χ2n) is 12.3. The van der Waals surface area contributed by atoms with Gasteiger partial charge in [0.05, 0.1) is 26.7 Å². The molecule has 252 valence electrons. The zero-order valence-corrected chi connectivity index (χ0v) is 27.8. The van der Waals surface area contributed by atoms with Crippen molar-refractivity contribution in [2.45, 2.75) is 44.9 Å². The highest BCUT2D eigenvalue weighted by molar-refractivity contribution is 5.50. The summed E-state index contributed by atoms with van der Waals surface area (Å²) in [7, 11) is 0. The Balaban J connectivity index is 1.28. The monoisotopic (exact) mass is 623 g/mol. The van der Waals surface area contributed by atoms with Crippen molar-refractivity contribution in [1.82, 2.24) is 42.5 Å². The minimum absolute atomic E-state index is 0.847. The van der Waals surface area contributed by atoms with Crippen molar-refractivity contribution in [2.75, 3.05) is 115 Å². The first-order chi connectivity index (χ1) is 22.4. The number of hydrogen-bond donors (Lipinski definition) is 8. The summed E-state index contributed by atoms with van der Waals surface area (Å²) in [4.78, 5) is 4.81. The normalized spacial score (nSPS) is 20.9. The largest absolute Gasteiger partial charge is 0.346 e. The quantitative estimate of drug-likeness (QED) is 0.258. The first-order valence-electron chi connectivity index (χ1n) is 17.7. The molecule has 0 radical (unpaired) electrons. The summed E-state index contributed by atoms with van der Waals surface area (Å²) >= 11 is 0. The number of rotatable bonds is 4. The van der Waals surface area contributed by atoms with E-state index in [2.05, 4.69) is 101 Å². The van der Waals surface area contributed by atoms with Gasteiger partial charge in [-0.1, -0.05) is 24.3 Å². The van der Waals surface area contributed by atoms with E-state index in [1.807, 2.05) is 0 Å². The predicted molar refractivity (Wildman–Crippen MR) is 191 cm³/mol. The molecule has 2 aliphatic heterocycles. The van der Waals surface area contributed by atoms with Crippen LogP contribution in [0.5, 0.6) is 0 Å². The molecule has 0 unspecified atom stereocenters. The molecule has 2 heterocycles. The molecule has 0 bridgehead atoms. The smallest absolute Gasteiger partial charge is 0.0695 e. The second kappa shape index (κ2) is 23.1. The van der Waals surface area contributed by atoms with Crippen molar-refractivity contribution in [3.63, 3.8) is 0 Å². The Hall–Kier alpha value is -2.28. The summed E-state index contributed by atoms with van der Waals surface area (Å²) in [6.45, 7) is 16.1. The lowest BCUT2D eigenvalue weighted by molar-refractivity contribution is 0.527. The van der Waals surface area contributed by atoms with Crippen LogP contribution in [0, 0.1) is 0 Å². The second-order valence-corrected chi connectivity index (χ2v) is 12.3. The van der Waals surface area contributed by atoms with Crippen LogP contribution in [0.3, 0.4) is 0 Å². The van der Waals surface area contributed by atoms with Crippen molar-refractivity contribution in [1.29, 1.82) is 0 Å². The van der Waals surface area contributed by atoms with Crippen LogP contribution in [0.2, 0.25) is 0 Å². The molecule has 2 saturated heterocycles. The van der Waals surface area contributed by atoms with Gasteiger partial charge >= 0.3 is 0 Å². The van der Waals surface area contributed by atoms with E-state index in [1.54, 1.807) is 0 Å². The van der Waals surface area contributed by atoms with Crippen LogP contribution in [-0.4, -0.2) is 105 Å². The molecule has 45 heavy (non-hydrogen) atoms. The van der Waals surface area contributed by atoms with Gasteiger partial charge in [0.1, 0.15) is 0 Å².